The molecule has 1 rings (SSSR count). The monoisotopic (exact) mass is 308 g/mol. The van der Waals surface area contributed by atoms with E-state index in [9.17, 15) is 10.2 Å². The Kier molecular flexibility index (Phi) is 8.66. The van der Waals surface area contributed by atoms with E-state index in [1.165, 1.54) is 0 Å². The van der Waals surface area contributed by atoms with Crippen LogP contribution in [0.15, 0.2) is 6.07 Å². The molecule has 0 amide bonds. The van der Waals surface area contributed by atoms with Gasteiger partial charge < -0.3 is 14.9 Å². The van der Waals surface area contributed by atoms with E-state index < -0.39 is 0 Å². The smallest absolute Gasteiger partial charge is 0.873 e. The van der Waals surface area contributed by atoms with E-state index in [1.807, 2.05) is 0 Å². The Morgan fingerprint density at radius 2 is 1.58 bits per heavy atom. The fourth-order valence-electron chi connectivity index (χ4n) is 2.03. The second kappa shape index (κ2) is 9.09. The molecule has 1 aromatic rings. The molecule has 0 saturated heterocycles. The van der Waals surface area contributed by atoms with Gasteiger partial charge in [-0.15, -0.1) is 11.5 Å². The largest absolute Gasteiger partial charge is 2.00 e. The molecule has 1 aromatic carbocycles. The molecule has 0 aromatic heterocycles. The SMILES string of the molecule is CCCCc1cc(OC)c(CCCC)c([O-])c1[O-].[Ni+2]. The van der Waals surface area contributed by atoms with Crippen molar-refractivity contribution in [2.75, 3.05) is 7.11 Å². The van der Waals surface area contributed by atoms with Crippen molar-refractivity contribution in [2.45, 2.75) is 52.4 Å². The summed E-state index contributed by atoms with van der Waals surface area (Å²) in [6.45, 7) is 4.13. The van der Waals surface area contributed by atoms with Gasteiger partial charge in [0.1, 0.15) is 5.75 Å². The molecule has 0 atom stereocenters. The van der Waals surface area contributed by atoms with Crippen molar-refractivity contribution in [2.24, 2.45) is 0 Å². The van der Waals surface area contributed by atoms with Gasteiger partial charge >= 0.3 is 16.5 Å². The molecule has 0 bridgehead atoms. The van der Waals surface area contributed by atoms with Crippen LogP contribution in [0.3, 0.4) is 0 Å². The molecule has 0 unspecified atom stereocenters. The molecule has 0 heterocycles. The van der Waals surface area contributed by atoms with Gasteiger partial charge in [-0.1, -0.05) is 32.3 Å². The summed E-state index contributed by atoms with van der Waals surface area (Å²) in [4.78, 5) is 0. The van der Waals surface area contributed by atoms with E-state index in [1.54, 1.807) is 13.2 Å². The summed E-state index contributed by atoms with van der Waals surface area (Å²) in [7, 11) is 1.55. The molecule has 110 valence electrons. The van der Waals surface area contributed by atoms with Crippen LogP contribution in [0.25, 0.3) is 0 Å². The Bertz CT molecular complexity index is 391. The molecule has 0 aliphatic rings. The first-order chi connectivity index (χ1) is 8.65. The molecule has 0 N–H and O–H groups in total. The first-order valence-electron chi connectivity index (χ1n) is 6.72. The van der Waals surface area contributed by atoms with Crippen LogP contribution in [0.5, 0.6) is 17.2 Å². The fraction of sp³-hybridized carbons (Fsp3) is 0.600. The average molecular weight is 309 g/mol. The van der Waals surface area contributed by atoms with Crippen molar-refractivity contribution in [3.63, 3.8) is 0 Å². The van der Waals surface area contributed by atoms with Gasteiger partial charge in [-0.25, -0.2) is 0 Å². The van der Waals surface area contributed by atoms with Crippen molar-refractivity contribution in [1.82, 2.24) is 0 Å². The molecule has 19 heavy (non-hydrogen) atoms. The van der Waals surface area contributed by atoms with Crippen molar-refractivity contribution < 1.29 is 31.4 Å². The van der Waals surface area contributed by atoms with Crippen molar-refractivity contribution in [3.05, 3.63) is 17.2 Å². The predicted molar refractivity (Wildman–Crippen MR) is 69.1 cm³/mol. The quantitative estimate of drug-likeness (QED) is 0.727. The Hall–Kier alpha value is -0.886. The summed E-state index contributed by atoms with van der Waals surface area (Å²) >= 11 is 0. The molecule has 4 heteroatoms. The average Bonchev–Trinajstić information content (AvgIpc) is 2.39. The number of unbranched alkanes of at least 4 members (excludes halogenated alkanes) is 2. The summed E-state index contributed by atoms with van der Waals surface area (Å²) in [6, 6.07) is 1.75. The van der Waals surface area contributed by atoms with Gasteiger partial charge in [0.2, 0.25) is 0 Å². The molecule has 0 aliphatic carbocycles. The fourth-order valence-corrected chi connectivity index (χ4v) is 2.03. The van der Waals surface area contributed by atoms with Gasteiger partial charge in [0, 0.05) is 0 Å². The second-order valence-corrected chi connectivity index (χ2v) is 4.58. The van der Waals surface area contributed by atoms with Crippen LogP contribution in [0.2, 0.25) is 0 Å². The van der Waals surface area contributed by atoms with Crippen LogP contribution < -0.4 is 14.9 Å². The van der Waals surface area contributed by atoms with Crippen molar-refractivity contribution >= 4 is 0 Å². The Labute approximate surface area is 125 Å². The molecule has 3 nitrogen and oxygen atoms in total. The van der Waals surface area contributed by atoms with Gasteiger partial charge in [-0.05, 0) is 37.3 Å². The summed E-state index contributed by atoms with van der Waals surface area (Å²) in [5.41, 5.74) is 1.14. The van der Waals surface area contributed by atoms with E-state index in [-0.39, 0.29) is 28.0 Å². The van der Waals surface area contributed by atoms with E-state index in [0.29, 0.717) is 29.7 Å². The minimum absolute atomic E-state index is 0. The van der Waals surface area contributed by atoms with Crippen molar-refractivity contribution in [1.29, 1.82) is 0 Å². The number of hydrogen-bond acceptors (Lipinski definition) is 3. The van der Waals surface area contributed by atoms with Gasteiger partial charge in [-0.3, -0.25) is 0 Å². The van der Waals surface area contributed by atoms with Crippen LogP contribution in [0.4, 0.5) is 0 Å². The first kappa shape index (κ1) is 18.1. The van der Waals surface area contributed by atoms with Crippen LogP contribution in [0, 0.1) is 0 Å². The van der Waals surface area contributed by atoms with E-state index >= 15 is 0 Å². The number of ether oxygens (including phenoxy) is 1. The maximum Gasteiger partial charge on any atom is 2.00 e. The minimum Gasteiger partial charge on any atom is -0.873 e. The van der Waals surface area contributed by atoms with Crippen LogP contribution in [0.1, 0.15) is 50.7 Å². The first-order valence-corrected chi connectivity index (χ1v) is 6.72. The number of hydrogen-bond donors (Lipinski definition) is 0. The van der Waals surface area contributed by atoms with Crippen LogP contribution in [-0.2, 0) is 29.3 Å². The molecule has 0 radical (unpaired) electrons. The molecule has 0 fully saturated rings. The van der Waals surface area contributed by atoms with Crippen LogP contribution in [-0.4, -0.2) is 7.11 Å². The second-order valence-electron chi connectivity index (χ2n) is 4.58. The Morgan fingerprint density at radius 1 is 1.00 bits per heavy atom. The van der Waals surface area contributed by atoms with Gasteiger partial charge in [0.25, 0.3) is 0 Å². The minimum atomic E-state index is -0.367. The number of rotatable bonds is 7. The predicted octanol–water partition coefficient (Wildman–Crippen LogP) is 2.53. The zero-order chi connectivity index (χ0) is 13.5. The molecular formula is C15H22NiO3. The maximum atomic E-state index is 12.0. The third-order valence-electron chi connectivity index (χ3n) is 3.17. The van der Waals surface area contributed by atoms with Crippen LogP contribution >= 0.6 is 0 Å². The summed E-state index contributed by atoms with van der Waals surface area (Å²) in [5, 5.41) is 24.0. The zero-order valence-electron chi connectivity index (χ0n) is 11.9. The molecule has 0 spiro atoms. The van der Waals surface area contributed by atoms with Gasteiger partial charge in [-0.2, -0.15) is 0 Å². The van der Waals surface area contributed by atoms with E-state index in [0.717, 1.165) is 25.7 Å². The standard InChI is InChI=1S/C15H24O3.Ni/c1-4-6-8-11-10-13(18-3)12(9-7-5-2)15(17)14(11)16;/h10,16-17H,4-9H2,1-3H3;/q;+2/p-2. The number of methoxy groups -OCH3 is 1. The Balaban J connectivity index is 0.00000324. The Morgan fingerprint density at radius 3 is 2.11 bits per heavy atom. The summed E-state index contributed by atoms with van der Waals surface area (Å²) in [6.07, 6.45) is 5.12. The summed E-state index contributed by atoms with van der Waals surface area (Å²) in [5.74, 6) is -0.122. The normalized spacial score (nSPS) is 10.1. The van der Waals surface area contributed by atoms with E-state index in [2.05, 4.69) is 13.8 Å². The zero-order valence-corrected chi connectivity index (χ0v) is 12.8. The number of benzene rings is 1. The summed E-state index contributed by atoms with van der Waals surface area (Å²) < 4.78 is 5.26. The number of aryl methyl sites for hydroxylation is 1. The van der Waals surface area contributed by atoms with Gasteiger partial charge in [0.15, 0.2) is 0 Å². The third-order valence-corrected chi connectivity index (χ3v) is 3.17. The molecule has 0 aliphatic heterocycles. The van der Waals surface area contributed by atoms with Gasteiger partial charge in [0.05, 0.1) is 7.11 Å². The van der Waals surface area contributed by atoms with Crippen molar-refractivity contribution in [3.8, 4) is 17.2 Å². The topological polar surface area (TPSA) is 55.3 Å². The molecule has 0 saturated carbocycles. The maximum absolute atomic E-state index is 12.0. The molecular weight excluding hydrogens is 287 g/mol. The van der Waals surface area contributed by atoms with E-state index in [4.69, 9.17) is 4.74 Å². The third kappa shape index (κ3) is 4.61.